The summed E-state index contributed by atoms with van der Waals surface area (Å²) < 4.78 is 37.9. The lowest BCUT2D eigenvalue weighted by molar-refractivity contribution is -0.139. The lowest BCUT2D eigenvalue weighted by atomic mass is 9.81. The van der Waals surface area contributed by atoms with Gasteiger partial charge in [-0.3, -0.25) is 4.90 Å². The van der Waals surface area contributed by atoms with Gasteiger partial charge in [-0.25, -0.2) is 18.4 Å². The molecule has 2 N–H and O–H groups in total. The lowest BCUT2D eigenvalue weighted by Gasteiger charge is -2.35. The van der Waals surface area contributed by atoms with Crippen LogP contribution in [-0.2, 0) is 19.1 Å². The molecule has 2 aromatic rings. The number of anilines is 1. The molecular formula is C22H16BrF2N3O4. The van der Waals surface area contributed by atoms with Crippen molar-refractivity contribution in [1.29, 1.82) is 5.26 Å². The second-order valence-electron chi connectivity index (χ2n) is 6.56. The van der Waals surface area contributed by atoms with Crippen LogP contribution >= 0.6 is 15.9 Å². The Morgan fingerprint density at radius 1 is 1.09 bits per heavy atom. The number of nitrogens with two attached hydrogens (primary N) is 1. The van der Waals surface area contributed by atoms with E-state index in [2.05, 4.69) is 15.9 Å². The number of methoxy groups -OCH3 is 2. The minimum atomic E-state index is -1.08. The van der Waals surface area contributed by atoms with E-state index in [0.29, 0.717) is 5.56 Å². The quantitative estimate of drug-likeness (QED) is 0.501. The Kier molecular flexibility index (Phi) is 6.60. The van der Waals surface area contributed by atoms with E-state index in [1.54, 1.807) is 30.3 Å². The molecule has 1 unspecified atom stereocenters. The van der Waals surface area contributed by atoms with Crippen molar-refractivity contribution in [2.45, 2.75) is 5.92 Å². The minimum absolute atomic E-state index is 0.118. The van der Waals surface area contributed by atoms with Gasteiger partial charge in [-0.2, -0.15) is 5.26 Å². The van der Waals surface area contributed by atoms with Crippen LogP contribution in [0, 0.1) is 23.0 Å². The predicted molar refractivity (Wildman–Crippen MR) is 114 cm³/mol. The molecule has 7 nitrogen and oxygen atoms in total. The van der Waals surface area contributed by atoms with Crippen molar-refractivity contribution in [2.75, 3.05) is 19.1 Å². The van der Waals surface area contributed by atoms with Crippen molar-refractivity contribution in [3.8, 4) is 6.07 Å². The first kappa shape index (κ1) is 23.0. The van der Waals surface area contributed by atoms with E-state index < -0.39 is 39.7 Å². The number of allylic oxidation sites excluding steroid dienone is 1. The monoisotopic (exact) mass is 503 g/mol. The number of benzene rings is 2. The summed E-state index contributed by atoms with van der Waals surface area (Å²) in [5.74, 6) is -5.31. The number of hydrogen-bond acceptors (Lipinski definition) is 7. The van der Waals surface area contributed by atoms with Gasteiger partial charge in [0.2, 0.25) is 0 Å². The lowest BCUT2D eigenvalue weighted by Crippen LogP contribution is -2.40. The maximum Gasteiger partial charge on any atom is 0.355 e. The van der Waals surface area contributed by atoms with Gasteiger partial charge in [0.15, 0.2) is 0 Å². The smallest absolute Gasteiger partial charge is 0.355 e. The number of nitriles is 1. The average molecular weight is 504 g/mol. The average Bonchev–Trinajstić information content (AvgIpc) is 2.80. The molecular weight excluding hydrogens is 488 g/mol. The van der Waals surface area contributed by atoms with Crippen LogP contribution < -0.4 is 10.6 Å². The van der Waals surface area contributed by atoms with Crippen LogP contribution in [0.1, 0.15) is 11.5 Å². The maximum absolute atomic E-state index is 14.3. The van der Waals surface area contributed by atoms with Gasteiger partial charge in [0.05, 0.1) is 47.5 Å². The van der Waals surface area contributed by atoms with Gasteiger partial charge in [0.25, 0.3) is 0 Å². The van der Waals surface area contributed by atoms with E-state index >= 15 is 0 Å². The summed E-state index contributed by atoms with van der Waals surface area (Å²) in [7, 11) is 2.17. The number of hydrogen-bond donors (Lipinski definition) is 1. The summed E-state index contributed by atoms with van der Waals surface area (Å²) >= 11 is 2.78. The van der Waals surface area contributed by atoms with E-state index in [-0.39, 0.29) is 22.7 Å². The Labute approximate surface area is 190 Å². The number of esters is 2. The van der Waals surface area contributed by atoms with Crippen molar-refractivity contribution in [2.24, 2.45) is 5.73 Å². The molecule has 0 aliphatic carbocycles. The fraction of sp³-hybridized carbons (Fsp3) is 0.136. The predicted octanol–water partition coefficient (Wildman–Crippen LogP) is 3.63. The normalized spacial score (nSPS) is 16.0. The zero-order chi connectivity index (χ0) is 23.6. The molecule has 0 aromatic heterocycles. The van der Waals surface area contributed by atoms with Gasteiger partial charge in [-0.15, -0.1) is 0 Å². The molecule has 0 radical (unpaired) electrons. The number of rotatable bonds is 4. The standard InChI is InChI=1S/C22H16BrF2N3O4/c1-31-21(29)17-16(11-6-4-3-5-7-11)13(10-26)20(27)28(19(17)22(30)32-2)12-8-14(24)18(23)15(25)9-12/h3-9,16H,27H2,1-2H3. The number of carbonyl (C=O) groups is 2. The fourth-order valence-corrected chi connectivity index (χ4v) is 3.68. The summed E-state index contributed by atoms with van der Waals surface area (Å²) in [6, 6.07) is 12.1. The molecule has 0 fully saturated rings. The molecule has 0 spiro atoms. The second kappa shape index (κ2) is 9.20. The second-order valence-corrected chi connectivity index (χ2v) is 7.35. The third-order valence-corrected chi connectivity index (χ3v) is 5.59. The number of carbonyl (C=O) groups excluding carboxylic acids is 2. The van der Waals surface area contributed by atoms with Crippen LogP contribution in [0.4, 0.5) is 14.5 Å². The van der Waals surface area contributed by atoms with Crippen LogP contribution in [0.25, 0.3) is 0 Å². The molecule has 0 amide bonds. The first-order valence-corrected chi connectivity index (χ1v) is 9.86. The van der Waals surface area contributed by atoms with Crippen LogP contribution in [0.3, 0.4) is 0 Å². The van der Waals surface area contributed by atoms with Crippen LogP contribution in [-0.4, -0.2) is 26.2 Å². The summed E-state index contributed by atoms with van der Waals surface area (Å²) in [5.41, 5.74) is 5.68. The largest absolute Gasteiger partial charge is 0.466 e. The van der Waals surface area contributed by atoms with Gasteiger partial charge in [0.1, 0.15) is 23.2 Å². The third kappa shape index (κ3) is 3.83. The van der Waals surface area contributed by atoms with Crippen molar-refractivity contribution in [1.82, 2.24) is 0 Å². The third-order valence-electron chi connectivity index (χ3n) is 4.84. The Morgan fingerprint density at radius 3 is 2.16 bits per heavy atom. The highest BCUT2D eigenvalue weighted by molar-refractivity contribution is 9.10. The van der Waals surface area contributed by atoms with E-state index in [9.17, 15) is 23.6 Å². The molecule has 1 heterocycles. The molecule has 10 heteroatoms. The molecule has 1 aliphatic heterocycles. The Morgan fingerprint density at radius 2 is 1.66 bits per heavy atom. The Balaban J connectivity index is 2.44. The van der Waals surface area contributed by atoms with Crippen LogP contribution in [0.5, 0.6) is 0 Å². The Hall–Kier alpha value is -3.71. The molecule has 32 heavy (non-hydrogen) atoms. The zero-order valence-corrected chi connectivity index (χ0v) is 18.4. The van der Waals surface area contributed by atoms with E-state index in [1.807, 2.05) is 6.07 Å². The maximum atomic E-state index is 14.3. The van der Waals surface area contributed by atoms with Crippen molar-refractivity contribution in [3.63, 3.8) is 0 Å². The van der Waals surface area contributed by atoms with Crippen molar-refractivity contribution in [3.05, 3.63) is 86.8 Å². The van der Waals surface area contributed by atoms with E-state index in [0.717, 1.165) is 31.3 Å². The van der Waals surface area contributed by atoms with Gasteiger partial charge >= 0.3 is 11.9 Å². The molecule has 3 rings (SSSR count). The highest BCUT2D eigenvalue weighted by atomic mass is 79.9. The summed E-state index contributed by atoms with van der Waals surface area (Å²) in [5, 5.41) is 9.90. The van der Waals surface area contributed by atoms with Gasteiger partial charge in [-0.1, -0.05) is 30.3 Å². The first-order valence-electron chi connectivity index (χ1n) is 9.06. The van der Waals surface area contributed by atoms with Crippen LogP contribution in [0.2, 0.25) is 0 Å². The molecule has 0 bridgehead atoms. The molecule has 0 saturated heterocycles. The summed E-state index contributed by atoms with van der Waals surface area (Å²) in [4.78, 5) is 26.6. The van der Waals surface area contributed by atoms with E-state index in [4.69, 9.17) is 15.2 Å². The SMILES string of the molecule is COC(=O)C1=C(C(=O)OC)N(c2cc(F)c(Br)c(F)c2)C(N)=C(C#N)C1c1ccccc1. The highest BCUT2D eigenvalue weighted by Crippen LogP contribution is 2.43. The van der Waals surface area contributed by atoms with Crippen molar-refractivity contribution >= 4 is 33.6 Å². The minimum Gasteiger partial charge on any atom is -0.466 e. The topological polar surface area (TPSA) is 106 Å². The highest BCUT2D eigenvalue weighted by Gasteiger charge is 2.43. The summed E-state index contributed by atoms with van der Waals surface area (Å²) in [6.07, 6.45) is 0. The van der Waals surface area contributed by atoms with Crippen LogP contribution in [0.15, 0.2) is 69.6 Å². The van der Waals surface area contributed by atoms with Gasteiger partial charge < -0.3 is 15.2 Å². The zero-order valence-electron chi connectivity index (χ0n) is 16.9. The molecule has 0 saturated carbocycles. The van der Waals surface area contributed by atoms with Gasteiger partial charge in [-0.05, 0) is 33.6 Å². The number of ether oxygens (including phenoxy) is 2. The fourth-order valence-electron chi connectivity index (χ4n) is 3.45. The molecule has 164 valence electrons. The van der Waals surface area contributed by atoms with Gasteiger partial charge in [0, 0.05) is 0 Å². The summed E-state index contributed by atoms with van der Waals surface area (Å²) in [6.45, 7) is 0. The molecule has 1 aliphatic rings. The van der Waals surface area contributed by atoms with Crippen molar-refractivity contribution < 1.29 is 27.8 Å². The molecule has 1 atom stereocenters. The Bertz CT molecular complexity index is 1180. The number of nitrogens with zero attached hydrogens (tertiary/aromatic N) is 2. The molecule has 2 aromatic carbocycles. The van der Waals surface area contributed by atoms with E-state index in [1.165, 1.54) is 0 Å². The first-order chi connectivity index (χ1) is 15.3. The number of halogens is 3.